The Balaban J connectivity index is 2.01. The lowest BCUT2D eigenvalue weighted by molar-refractivity contribution is -0.128. The van der Waals surface area contributed by atoms with E-state index in [0.29, 0.717) is 18.9 Å². The van der Waals surface area contributed by atoms with Gasteiger partial charge in [-0.05, 0) is 25.6 Å². The molecule has 2 heterocycles. The Morgan fingerprint density at radius 2 is 2.10 bits per heavy atom. The van der Waals surface area contributed by atoms with Gasteiger partial charge in [0, 0.05) is 38.6 Å². The van der Waals surface area contributed by atoms with Crippen LogP contribution in [0.15, 0.2) is 30.1 Å². The molecule has 1 saturated heterocycles. The number of nitriles is 1. The van der Waals surface area contributed by atoms with Gasteiger partial charge in [-0.1, -0.05) is 6.07 Å². The van der Waals surface area contributed by atoms with E-state index >= 15 is 0 Å². The summed E-state index contributed by atoms with van der Waals surface area (Å²) in [6.07, 6.45) is 3.16. The maximum Gasteiger partial charge on any atom is 0.266 e. The fourth-order valence-electron chi connectivity index (χ4n) is 2.02. The van der Waals surface area contributed by atoms with E-state index < -0.39 is 0 Å². The number of aryl methyl sites for hydroxylation is 1. The van der Waals surface area contributed by atoms with Crippen LogP contribution in [0, 0.1) is 18.3 Å². The molecule has 1 aliphatic rings. The minimum atomic E-state index is -0.231. The van der Waals surface area contributed by atoms with Crippen LogP contribution < -0.4 is 5.32 Å². The zero-order valence-electron chi connectivity index (χ0n) is 12.3. The Bertz CT molecular complexity index is 565. The first-order valence-corrected chi connectivity index (χ1v) is 6.87. The van der Waals surface area contributed by atoms with Crippen molar-refractivity contribution in [2.24, 2.45) is 0 Å². The fourth-order valence-corrected chi connectivity index (χ4v) is 2.02. The molecule has 0 spiro atoms. The SMILES string of the molecule is Cc1ccc(N/C=C(/C#N)C(=O)N2CCN(C)CC2)nc1. The molecule has 0 radical (unpaired) electrons. The standard InChI is InChI=1S/C15H19N5O/c1-12-3-4-14(17-10-12)18-11-13(9-16)15(21)20-7-5-19(2)6-8-20/h3-4,10-11H,5-8H2,1-2H3,(H,17,18)/b13-11-. The molecule has 110 valence electrons. The van der Waals surface area contributed by atoms with Gasteiger partial charge in [-0.15, -0.1) is 0 Å². The molecule has 2 rings (SSSR count). The van der Waals surface area contributed by atoms with Gasteiger partial charge < -0.3 is 15.1 Å². The quantitative estimate of drug-likeness (QED) is 0.662. The van der Waals surface area contributed by atoms with Crippen molar-refractivity contribution >= 4 is 11.7 Å². The molecule has 1 N–H and O–H groups in total. The van der Waals surface area contributed by atoms with Crippen molar-refractivity contribution < 1.29 is 4.79 Å². The molecule has 21 heavy (non-hydrogen) atoms. The zero-order valence-corrected chi connectivity index (χ0v) is 12.3. The number of hydrogen-bond acceptors (Lipinski definition) is 5. The second-order valence-electron chi connectivity index (χ2n) is 5.13. The van der Waals surface area contributed by atoms with Crippen molar-refractivity contribution in [2.45, 2.75) is 6.92 Å². The van der Waals surface area contributed by atoms with Crippen LogP contribution >= 0.6 is 0 Å². The van der Waals surface area contributed by atoms with Gasteiger partial charge in [0.25, 0.3) is 5.91 Å². The van der Waals surface area contributed by atoms with Crippen molar-refractivity contribution in [3.63, 3.8) is 0 Å². The molecule has 6 nitrogen and oxygen atoms in total. The number of carbonyl (C=O) groups is 1. The minimum Gasteiger partial charge on any atom is -0.345 e. The van der Waals surface area contributed by atoms with Gasteiger partial charge in [0.2, 0.25) is 0 Å². The van der Waals surface area contributed by atoms with Crippen LogP contribution in [0.4, 0.5) is 5.82 Å². The maximum atomic E-state index is 12.3. The van der Waals surface area contributed by atoms with E-state index in [-0.39, 0.29) is 11.5 Å². The van der Waals surface area contributed by atoms with Crippen molar-refractivity contribution in [2.75, 3.05) is 38.5 Å². The van der Waals surface area contributed by atoms with E-state index in [0.717, 1.165) is 18.7 Å². The summed E-state index contributed by atoms with van der Waals surface area (Å²) in [5.74, 6) is 0.379. The van der Waals surface area contributed by atoms with E-state index in [4.69, 9.17) is 5.26 Å². The van der Waals surface area contributed by atoms with Gasteiger partial charge in [0.15, 0.2) is 0 Å². The van der Waals surface area contributed by atoms with E-state index in [1.807, 2.05) is 26.1 Å². The number of carbonyl (C=O) groups excluding carboxylic acids is 1. The summed E-state index contributed by atoms with van der Waals surface area (Å²) >= 11 is 0. The summed E-state index contributed by atoms with van der Waals surface area (Å²) in [7, 11) is 2.02. The molecule has 6 heteroatoms. The topological polar surface area (TPSA) is 72.3 Å². The number of amides is 1. The Labute approximate surface area is 124 Å². The number of aromatic nitrogens is 1. The molecular formula is C15H19N5O. The number of anilines is 1. The summed E-state index contributed by atoms with van der Waals surface area (Å²) < 4.78 is 0. The normalized spacial score (nSPS) is 16.4. The third-order valence-corrected chi connectivity index (χ3v) is 3.42. The summed E-state index contributed by atoms with van der Waals surface area (Å²) in [4.78, 5) is 20.3. The average molecular weight is 285 g/mol. The molecule has 0 aliphatic carbocycles. The number of nitrogens with zero attached hydrogens (tertiary/aromatic N) is 4. The maximum absolute atomic E-state index is 12.3. The number of piperazine rings is 1. The molecule has 0 aromatic carbocycles. The van der Waals surface area contributed by atoms with Crippen molar-refractivity contribution in [1.29, 1.82) is 5.26 Å². The van der Waals surface area contributed by atoms with Gasteiger partial charge in [0.1, 0.15) is 17.5 Å². The average Bonchev–Trinajstić information content (AvgIpc) is 2.50. The molecular weight excluding hydrogens is 266 g/mol. The van der Waals surface area contributed by atoms with E-state index in [9.17, 15) is 4.79 Å². The number of hydrogen-bond donors (Lipinski definition) is 1. The van der Waals surface area contributed by atoms with Gasteiger partial charge in [0.05, 0.1) is 0 Å². The van der Waals surface area contributed by atoms with E-state index in [2.05, 4.69) is 15.2 Å². The van der Waals surface area contributed by atoms with Crippen molar-refractivity contribution in [1.82, 2.24) is 14.8 Å². The molecule has 1 fully saturated rings. The Hall–Kier alpha value is -2.39. The molecule has 1 aromatic heterocycles. The predicted octanol–water partition coefficient (Wildman–Crippen LogP) is 0.983. The number of pyridine rings is 1. The lowest BCUT2D eigenvalue weighted by atomic mass is 10.2. The summed E-state index contributed by atoms with van der Waals surface area (Å²) in [5.41, 5.74) is 1.15. The first kappa shape index (κ1) is 15.0. The van der Waals surface area contributed by atoms with Crippen LogP contribution in [-0.2, 0) is 4.79 Å². The van der Waals surface area contributed by atoms with Crippen molar-refractivity contribution in [3.05, 3.63) is 35.7 Å². The van der Waals surface area contributed by atoms with Crippen LogP contribution in [0.5, 0.6) is 0 Å². The highest BCUT2D eigenvalue weighted by atomic mass is 16.2. The monoisotopic (exact) mass is 285 g/mol. The fraction of sp³-hybridized carbons (Fsp3) is 0.400. The van der Waals surface area contributed by atoms with Crippen LogP contribution in [0.1, 0.15) is 5.56 Å². The highest BCUT2D eigenvalue weighted by Gasteiger charge is 2.22. The smallest absolute Gasteiger partial charge is 0.266 e. The Morgan fingerprint density at radius 3 is 2.67 bits per heavy atom. The second-order valence-corrected chi connectivity index (χ2v) is 5.13. The Morgan fingerprint density at radius 1 is 1.38 bits per heavy atom. The molecule has 0 bridgehead atoms. The van der Waals surface area contributed by atoms with Crippen LogP contribution in [0.2, 0.25) is 0 Å². The van der Waals surface area contributed by atoms with Gasteiger partial charge in [-0.25, -0.2) is 4.98 Å². The molecule has 0 saturated carbocycles. The lowest BCUT2D eigenvalue weighted by Crippen LogP contribution is -2.47. The molecule has 0 atom stereocenters. The first-order chi connectivity index (χ1) is 10.1. The summed E-state index contributed by atoms with van der Waals surface area (Å²) in [5, 5.41) is 12.1. The summed E-state index contributed by atoms with van der Waals surface area (Å²) in [6.45, 7) is 4.91. The van der Waals surface area contributed by atoms with E-state index in [1.165, 1.54) is 6.20 Å². The minimum absolute atomic E-state index is 0.0990. The Kier molecular flexibility index (Phi) is 4.90. The molecule has 0 unspecified atom stereocenters. The molecule has 1 aromatic rings. The van der Waals surface area contributed by atoms with Crippen molar-refractivity contribution in [3.8, 4) is 6.07 Å². The predicted molar refractivity (Wildman–Crippen MR) is 80.4 cm³/mol. The lowest BCUT2D eigenvalue weighted by Gasteiger charge is -2.32. The zero-order chi connectivity index (χ0) is 15.2. The number of likely N-dealkylation sites (N-methyl/N-ethyl adjacent to an activating group) is 1. The van der Waals surface area contributed by atoms with Gasteiger partial charge in [-0.2, -0.15) is 5.26 Å². The highest BCUT2D eigenvalue weighted by molar-refractivity contribution is 5.97. The van der Waals surface area contributed by atoms with Crippen LogP contribution in [0.3, 0.4) is 0 Å². The van der Waals surface area contributed by atoms with Gasteiger partial charge >= 0.3 is 0 Å². The van der Waals surface area contributed by atoms with Crippen LogP contribution in [0.25, 0.3) is 0 Å². The number of rotatable bonds is 3. The molecule has 1 aliphatic heterocycles. The molecule has 1 amide bonds. The summed E-state index contributed by atoms with van der Waals surface area (Å²) in [6, 6.07) is 5.68. The first-order valence-electron chi connectivity index (χ1n) is 6.87. The third-order valence-electron chi connectivity index (χ3n) is 3.42. The number of nitrogens with one attached hydrogen (secondary N) is 1. The van der Waals surface area contributed by atoms with E-state index in [1.54, 1.807) is 17.2 Å². The third kappa shape index (κ3) is 4.04. The van der Waals surface area contributed by atoms with Crippen LogP contribution in [-0.4, -0.2) is 53.9 Å². The second kappa shape index (κ2) is 6.86. The van der Waals surface area contributed by atoms with Gasteiger partial charge in [-0.3, -0.25) is 4.79 Å². The highest BCUT2D eigenvalue weighted by Crippen LogP contribution is 2.08. The largest absolute Gasteiger partial charge is 0.345 e.